The molecule has 5 nitrogen and oxygen atoms in total. The second-order valence-corrected chi connectivity index (χ2v) is 8.13. The zero-order chi connectivity index (χ0) is 20.0. The van der Waals surface area contributed by atoms with Crippen LogP contribution in [-0.2, 0) is 5.41 Å². The maximum absolute atomic E-state index is 12.5. The predicted molar refractivity (Wildman–Crippen MR) is 109 cm³/mol. The number of aromatic nitrogens is 1. The number of hydrogen-bond donors (Lipinski definition) is 2. The third-order valence-corrected chi connectivity index (χ3v) is 4.23. The summed E-state index contributed by atoms with van der Waals surface area (Å²) in [6, 6.07) is 12.6. The topological polar surface area (TPSA) is 71.1 Å². The van der Waals surface area contributed by atoms with Gasteiger partial charge < -0.3 is 10.6 Å². The van der Waals surface area contributed by atoms with Crippen LogP contribution in [0, 0.1) is 5.92 Å². The van der Waals surface area contributed by atoms with E-state index in [4.69, 9.17) is 0 Å². The van der Waals surface area contributed by atoms with E-state index in [1.54, 1.807) is 18.2 Å². The summed E-state index contributed by atoms with van der Waals surface area (Å²) in [7, 11) is 0. The van der Waals surface area contributed by atoms with Gasteiger partial charge in [0.05, 0.1) is 0 Å². The summed E-state index contributed by atoms with van der Waals surface area (Å²) in [6.45, 7) is 11.2. The minimum absolute atomic E-state index is 0.0569. The van der Waals surface area contributed by atoms with Crippen molar-refractivity contribution in [2.45, 2.75) is 46.5 Å². The molecule has 2 amide bonds. The first-order chi connectivity index (χ1) is 12.7. The van der Waals surface area contributed by atoms with Gasteiger partial charge in [-0.05, 0) is 47.6 Å². The quantitative estimate of drug-likeness (QED) is 0.794. The van der Waals surface area contributed by atoms with Crippen molar-refractivity contribution in [2.24, 2.45) is 5.92 Å². The summed E-state index contributed by atoms with van der Waals surface area (Å²) in [5, 5.41) is 5.66. The van der Waals surface area contributed by atoms with Gasteiger partial charge in [0.25, 0.3) is 11.8 Å². The number of rotatable bonds is 6. The smallest absolute Gasteiger partial charge is 0.274 e. The van der Waals surface area contributed by atoms with Crippen LogP contribution in [0.4, 0.5) is 5.69 Å². The lowest BCUT2D eigenvalue weighted by Gasteiger charge is -2.19. The second kappa shape index (κ2) is 8.80. The average Bonchev–Trinajstić information content (AvgIpc) is 2.61. The molecule has 0 spiro atoms. The Bertz CT molecular complexity index is 790. The fourth-order valence-electron chi connectivity index (χ4n) is 2.50. The Morgan fingerprint density at radius 1 is 0.963 bits per heavy atom. The third kappa shape index (κ3) is 6.20. The molecule has 0 aliphatic rings. The number of hydrogen-bond acceptors (Lipinski definition) is 3. The number of nitrogens with one attached hydrogen (secondary N) is 2. The van der Waals surface area contributed by atoms with Gasteiger partial charge in [-0.2, -0.15) is 0 Å². The highest BCUT2D eigenvalue weighted by Gasteiger charge is 2.15. The van der Waals surface area contributed by atoms with Crippen LogP contribution in [0.5, 0.6) is 0 Å². The molecule has 1 aromatic heterocycles. The van der Waals surface area contributed by atoms with E-state index in [1.165, 1.54) is 5.56 Å². The summed E-state index contributed by atoms with van der Waals surface area (Å²) >= 11 is 0. The third-order valence-electron chi connectivity index (χ3n) is 4.23. The van der Waals surface area contributed by atoms with Gasteiger partial charge in [-0.15, -0.1) is 0 Å². The van der Waals surface area contributed by atoms with Crippen molar-refractivity contribution in [1.82, 2.24) is 10.3 Å². The van der Waals surface area contributed by atoms with E-state index >= 15 is 0 Å². The Labute approximate surface area is 161 Å². The van der Waals surface area contributed by atoms with Crippen LogP contribution in [0.15, 0.2) is 42.5 Å². The van der Waals surface area contributed by atoms with Gasteiger partial charge in [0.15, 0.2) is 0 Å². The van der Waals surface area contributed by atoms with Crippen LogP contribution in [0.2, 0.25) is 0 Å². The lowest BCUT2D eigenvalue weighted by Crippen LogP contribution is -2.27. The zero-order valence-corrected chi connectivity index (χ0v) is 16.8. The SMILES string of the molecule is CC(C)CCNC(=O)c1cccc(C(=O)Nc2ccc(C(C)(C)C)cc2)n1. The Balaban J connectivity index is 2.03. The number of benzene rings is 1. The zero-order valence-electron chi connectivity index (χ0n) is 16.8. The van der Waals surface area contributed by atoms with E-state index in [9.17, 15) is 9.59 Å². The molecule has 0 saturated carbocycles. The first-order valence-corrected chi connectivity index (χ1v) is 9.34. The predicted octanol–water partition coefficient (Wildman–Crippen LogP) is 4.41. The van der Waals surface area contributed by atoms with E-state index in [1.807, 2.05) is 24.3 Å². The van der Waals surface area contributed by atoms with Gasteiger partial charge in [-0.25, -0.2) is 4.98 Å². The molecule has 0 aliphatic carbocycles. The number of pyridine rings is 1. The number of amides is 2. The van der Waals surface area contributed by atoms with Crippen molar-refractivity contribution < 1.29 is 9.59 Å². The fraction of sp³-hybridized carbons (Fsp3) is 0.409. The highest BCUT2D eigenvalue weighted by molar-refractivity contribution is 6.03. The highest BCUT2D eigenvalue weighted by Crippen LogP contribution is 2.23. The first-order valence-electron chi connectivity index (χ1n) is 9.34. The van der Waals surface area contributed by atoms with Crippen molar-refractivity contribution >= 4 is 17.5 Å². The van der Waals surface area contributed by atoms with Crippen LogP contribution in [0.25, 0.3) is 0 Å². The number of carbonyl (C=O) groups is 2. The normalized spacial score (nSPS) is 11.3. The van der Waals surface area contributed by atoms with E-state index in [2.05, 4.69) is 50.2 Å². The first kappa shape index (κ1) is 20.6. The summed E-state index contributed by atoms with van der Waals surface area (Å²) in [6.07, 6.45) is 0.899. The molecule has 2 rings (SSSR count). The minimum atomic E-state index is -0.338. The molecule has 0 bridgehead atoms. The van der Waals surface area contributed by atoms with Crippen molar-refractivity contribution in [1.29, 1.82) is 0 Å². The van der Waals surface area contributed by atoms with Crippen LogP contribution in [0.1, 0.15) is 67.6 Å². The molecule has 0 atom stereocenters. The monoisotopic (exact) mass is 367 g/mol. The summed E-state index contributed by atoms with van der Waals surface area (Å²) in [5.41, 5.74) is 2.41. The van der Waals surface area contributed by atoms with E-state index in [0.29, 0.717) is 18.2 Å². The van der Waals surface area contributed by atoms with E-state index in [-0.39, 0.29) is 28.6 Å². The standard InChI is InChI=1S/C22H29N3O2/c1-15(2)13-14-23-20(26)18-7-6-8-19(25-18)21(27)24-17-11-9-16(10-12-17)22(3,4)5/h6-12,15H,13-14H2,1-5H3,(H,23,26)(H,24,27). The van der Waals surface area contributed by atoms with Gasteiger partial charge in [0.1, 0.15) is 11.4 Å². The molecule has 2 aromatic rings. The molecule has 2 N–H and O–H groups in total. The minimum Gasteiger partial charge on any atom is -0.351 e. The molecular weight excluding hydrogens is 338 g/mol. The number of anilines is 1. The molecule has 27 heavy (non-hydrogen) atoms. The summed E-state index contributed by atoms with van der Waals surface area (Å²) in [4.78, 5) is 28.9. The molecule has 0 aliphatic heterocycles. The average molecular weight is 367 g/mol. The largest absolute Gasteiger partial charge is 0.351 e. The molecule has 144 valence electrons. The van der Waals surface area contributed by atoms with Crippen molar-refractivity contribution in [3.8, 4) is 0 Å². The molecule has 0 unspecified atom stereocenters. The Morgan fingerprint density at radius 3 is 2.11 bits per heavy atom. The maximum atomic E-state index is 12.5. The van der Waals surface area contributed by atoms with Gasteiger partial charge in [-0.1, -0.05) is 52.8 Å². The lowest BCUT2D eigenvalue weighted by molar-refractivity contribution is 0.0947. The summed E-state index contributed by atoms with van der Waals surface area (Å²) in [5.74, 6) is -0.0878. The van der Waals surface area contributed by atoms with Crippen molar-refractivity contribution in [3.63, 3.8) is 0 Å². The second-order valence-electron chi connectivity index (χ2n) is 8.13. The molecule has 0 radical (unpaired) electrons. The Morgan fingerprint density at radius 2 is 1.56 bits per heavy atom. The van der Waals surface area contributed by atoms with E-state index in [0.717, 1.165) is 6.42 Å². The Hall–Kier alpha value is -2.69. The maximum Gasteiger partial charge on any atom is 0.274 e. The molecule has 1 heterocycles. The highest BCUT2D eigenvalue weighted by atomic mass is 16.2. The van der Waals surface area contributed by atoms with Crippen LogP contribution in [0.3, 0.4) is 0 Å². The lowest BCUT2D eigenvalue weighted by atomic mass is 9.87. The van der Waals surface area contributed by atoms with Crippen LogP contribution < -0.4 is 10.6 Å². The van der Waals surface area contributed by atoms with Gasteiger partial charge in [0, 0.05) is 12.2 Å². The van der Waals surface area contributed by atoms with Crippen molar-refractivity contribution in [2.75, 3.05) is 11.9 Å². The van der Waals surface area contributed by atoms with Crippen LogP contribution >= 0.6 is 0 Å². The molecule has 5 heteroatoms. The van der Waals surface area contributed by atoms with E-state index < -0.39 is 0 Å². The van der Waals surface area contributed by atoms with Gasteiger partial charge in [0.2, 0.25) is 0 Å². The number of nitrogens with zero attached hydrogens (tertiary/aromatic N) is 1. The molecular formula is C22H29N3O2. The molecule has 0 saturated heterocycles. The van der Waals surface area contributed by atoms with Gasteiger partial charge >= 0.3 is 0 Å². The number of carbonyl (C=O) groups excluding carboxylic acids is 2. The molecule has 0 fully saturated rings. The van der Waals surface area contributed by atoms with Crippen molar-refractivity contribution in [3.05, 3.63) is 59.4 Å². The van der Waals surface area contributed by atoms with Gasteiger partial charge in [-0.3, -0.25) is 9.59 Å². The Kier molecular flexibility index (Phi) is 6.72. The van der Waals surface area contributed by atoms with Crippen LogP contribution in [-0.4, -0.2) is 23.3 Å². The fourth-order valence-corrected chi connectivity index (χ4v) is 2.50. The summed E-state index contributed by atoms with van der Waals surface area (Å²) < 4.78 is 0. The molecule has 1 aromatic carbocycles.